The summed E-state index contributed by atoms with van der Waals surface area (Å²) >= 11 is 5.97. The molecule has 0 N–H and O–H groups in total. The molecule has 0 aromatic carbocycles. The Kier molecular flexibility index (Phi) is 1.97. The molecule has 1 spiro atoms. The maximum absolute atomic E-state index is 5.97. The standard InChI is InChI=1S/C12H14ClN3O/c13-10-11(15-4-3-14-10)17-9-7-16-5-1-2-8-6-12(8,9)16/h3-4,8-9H,1-2,5-7H2/t8?,9-,12?/m1/s1. The van der Waals surface area contributed by atoms with E-state index in [0.29, 0.717) is 16.6 Å². The minimum absolute atomic E-state index is 0.266. The van der Waals surface area contributed by atoms with Crippen molar-refractivity contribution >= 4 is 11.6 Å². The molecule has 3 heterocycles. The largest absolute Gasteiger partial charge is 0.469 e. The first-order chi connectivity index (χ1) is 8.30. The van der Waals surface area contributed by atoms with Gasteiger partial charge in [-0.2, -0.15) is 0 Å². The van der Waals surface area contributed by atoms with Crippen molar-refractivity contribution in [2.45, 2.75) is 30.9 Å². The van der Waals surface area contributed by atoms with Crippen LogP contribution in [0, 0.1) is 5.92 Å². The van der Waals surface area contributed by atoms with Crippen LogP contribution in [0.3, 0.4) is 0 Å². The van der Waals surface area contributed by atoms with Gasteiger partial charge in [-0.1, -0.05) is 11.6 Å². The van der Waals surface area contributed by atoms with Gasteiger partial charge in [0.25, 0.3) is 5.88 Å². The summed E-state index contributed by atoms with van der Waals surface area (Å²) in [6.07, 6.45) is 7.45. The zero-order valence-corrected chi connectivity index (χ0v) is 10.2. The Morgan fingerprint density at radius 1 is 1.41 bits per heavy atom. The van der Waals surface area contributed by atoms with Gasteiger partial charge in [-0.15, -0.1) is 0 Å². The molecule has 1 aromatic rings. The molecule has 0 radical (unpaired) electrons. The van der Waals surface area contributed by atoms with Crippen LogP contribution in [0.5, 0.6) is 5.88 Å². The molecule has 3 atom stereocenters. The summed E-state index contributed by atoms with van der Waals surface area (Å²) < 4.78 is 5.95. The Hall–Kier alpha value is -0.870. The monoisotopic (exact) mass is 251 g/mol. The van der Waals surface area contributed by atoms with Crippen LogP contribution in [0.25, 0.3) is 0 Å². The lowest BCUT2D eigenvalue weighted by molar-refractivity contribution is -0.0866. The van der Waals surface area contributed by atoms with E-state index < -0.39 is 0 Å². The summed E-state index contributed by atoms with van der Waals surface area (Å²) in [4.78, 5) is 10.7. The molecule has 1 aliphatic carbocycles. The zero-order valence-electron chi connectivity index (χ0n) is 9.47. The Labute approximate surface area is 105 Å². The highest BCUT2D eigenvalue weighted by Gasteiger charge is 2.71. The van der Waals surface area contributed by atoms with Crippen molar-refractivity contribution in [3.63, 3.8) is 0 Å². The molecule has 2 unspecified atom stereocenters. The molecule has 2 saturated heterocycles. The molecular weight excluding hydrogens is 238 g/mol. The highest BCUT2D eigenvalue weighted by atomic mass is 35.5. The fourth-order valence-corrected chi connectivity index (χ4v) is 3.73. The van der Waals surface area contributed by atoms with Crippen LogP contribution in [0.2, 0.25) is 5.15 Å². The lowest BCUT2D eigenvalue weighted by Crippen LogP contribution is -2.67. The molecule has 4 rings (SSSR count). The number of piperidine rings is 1. The fourth-order valence-electron chi connectivity index (χ4n) is 3.58. The molecule has 1 aromatic heterocycles. The van der Waals surface area contributed by atoms with E-state index in [0.717, 1.165) is 12.5 Å². The Morgan fingerprint density at radius 2 is 2.29 bits per heavy atom. The van der Waals surface area contributed by atoms with Crippen molar-refractivity contribution in [1.82, 2.24) is 14.9 Å². The van der Waals surface area contributed by atoms with Crippen molar-refractivity contribution in [3.8, 4) is 5.88 Å². The van der Waals surface area contributed by atoms with Crippen LogP contribution >= 0.6 is 11.6 Å². The van der Waals surface area contributed by atoms with Crippen molar-refractivity contribution in [3.05, 3.63) is 17.5 Å². The Morgan fingerprint density at radius 3 is 3.12 bits per heavy atom. The lowest BCUT2D eigenvalue weighted by atomic mass is 9.88. The van der Waals surface area contributed by atoms with Gasteiger partial charge in [0.2, 0.25) is 0 Å². The van der Waals surface area contributed by atoms with Crippen LogP contribution in [0.1, 0.15) is 19.3 Å². The van der Waals surface area contributed by atoms with Crippen LogP contribution < -0.4 is 4.74 Å². The minimum Gasteiger partial charge on any atom is -0.469 e. The first-order valence-corrected chi connectivity index (χ1v) is 6.57. The molecule has 17 heavy (non-hydrogen) atoms. The number of nitrogens with zero attached hydrogens (tertiary/aromatic N) is 3. The van der Waals surface area contributed by atoms with Gasteiger partial charge < -0.3 is 4.74 Å². The predicted molar refractivity (Wildman–Crippen MR) is 63.1 cm³/mol. The van der Waals surface area contributed by atoms with Crippen molar-refractivity contribution in [2.75, 3.05) is 13.1 Å². The first kappa shape index (κ1) is 10.1. The van der Waals surface area contributed by atoms with Crippen LogP contribution in [-0.4, -0.2) is 39.6 Å². The third-order valence-corrected chi connectivity index (χ3v) is 4.77. The quantitative estimate of drug-likeness (QED) is 0.803. The third kappa shape index (κ3) is 1.28. The molecule has 1 saturated carbocycles. The van der Waals surface area contributed by atoms with E-state index in [2.05, 4.69) is 14.9 Å². The van der Waals surface area contributed by atoms with Crippen molar-refractivity contribution < 1.29 is 4.74 Å². The van der Waals surface area contributed by atoms with E-state index in [1.807, 2.05) is 0 Å². The van der Waals surface area contributed by atoms with Crippen LogP contribution in [0.15, 0.2) is 12.4 Å². The van der Waals surface area contributed by atoms with Gasteiger partial charge in [-0.3, -0.25) is 4.90 Å². The average molecular weight is 252 g/mol. The van der Waals surface area contributed by atoms with Crippen molar-refractivity contribution in [2.24, 2.45) is 5.92 Å². The van der Waals surface area contributed by atoms with E-state index >= 15 is 0 Å². The second kappa shape index (κ2) is 3.33. The maximum atomic E-state index is 5.97. The smallest absolute Gasteiger partial charge is 0.252 e. The lowest BCUT2D eigenvalue weighted by Gasteiger charge is -2.51. The molecule has 4 nitrogen and oxygen atoms in total. The Bertz CT molecular complexity index is 469. The maximum Gasteiger partial charge on any atom is 0.252 e. The third-order valence-electron chi connectivity index (χ3n) is 4.51. The Balaban J connectivity index is 1.54. The summed E-state index contributed by atoms with van der Waals surface area (Å²) in [7, 11) is 0. The van der Waals surface area contributed by atoms with Gasteiger partial charge >= 0.3 is 0 Å². The highest BCUT2D eigenvalue weighted by molar-refractivity contribution is 6.30. The SMILES string of the molecule is Clc1nccnc1O[C@@H]1CN2CCCC3CC312. The second-order valence-electron chi connectivity index (χ2n) is 5.24. The molecule has 90 valence electrons. The topological polar surface area (TPSA) is 38.3 Å². The summed E-state index contributed by atoms with van der Waals surface area (Å²) in [6.45, 7) is 2.24. The number of hydrogen-bond acceptors (Lipinski definition) is 4. The molecule has 0 amide bonds. The first-order valence-electron chi connectivity index (χ1n) is 6.19. The van der Waals surface area contributed by atoms with Crippen molar-refractivity contribution in [1.29, 1.82) is 0 Å². The summed E-state index contributed by atoms with van der Waals surface area (Å²) in [5, 5.41) is 0.371. The minimum atomic E-state index is 0.266. The van der Waals surface area contributed by atoms with Gasteiger partial charge in [-0.25, -0.2) is 9.97 Å². The van der Waals surface area contributed by atoms with Gasteiger partial charge in [-0.05, 0) is 31.7 Å². The molecular formula is C12H14ClN3O. The summed E-state index contributed by atoms with van der Waals surface area (Å²) in [5.74, 6) is 1.33. The number of rotatable bonds is 2. The number of aromatic nitrogens is 2. The fraction of sp³-hybridized carbons (Fsp3) is 0.667. The number of halogens is 1. The predicted octanol–water partition coefficient (Wildman–Crippen LogP) is 1.75. The van der Waals surface area contributed by atoms with E-state index in [4.69, 9.17) is 16.3 Å². The van der Waals surface area contributed by atoms with Crippen LogP contribution in [-0.2, 0) is 0 Å². The van der Waals surface area contributed by atoms with E-state index in [1.165, 1.54) is 25.8 Å². The molecule has 3 aliphatic rings. The van der Waals surface area contributed by atoms with Gasteiger partial charge in [0.05, 0.1) is 5.54 Å². The zero-order chi connectivity index (χ0) is 11.5. The van der Waals surface area contributed by atoms with Gasteiger partial charge in [0.1, 0.15) is 6.10 Å². The molecule has 5 heteroatoms. The normalized spacial score (nSPS) is 38.9. The summed E-state index contributed by atoms with van der Waals surface area (Å²) in [5.41, 5.74) is 0.332. The van der Waals surface area contributed by atoms with E-state index in [-0.39, 0.29) is 6.10 Å². The second-order valence-corrected chi connectivity index (χ2v) is 5.60. The highest BCUT2D eigenvalue weighted by Crippen LogP contribution is 2.61. The number of ether oxygens (including phenoxy) is 1. The molecule has 2 aliphatic heterocycles. The van der Waals surface area contributed by atoms with Gasteiger partial charge in [0.15, 0.2) is 5.15 Å². The summed E-state index contributed by atoms with van der Waals surface area (Å²) in [6, 6.07) is 0. The molecule has 0 bridgehead atoms. The van der Waals surface area contributed by atoms with Crippen LogP contribution in [0.4, 0.5) is 0 Å². The number of hydrogen-bond donors (Lipinski definition) is 0. The van der Waals surface area contributed by atoms with Gasteiger partial charge in [0, 0.05) is 18.9 Å². The van der Waals surface area contributed by atoms with E-state index in [9.17, 15) is 0 Å². The average Bonchev–Trinajstić information content (AvgIpc) is 3.07. The molecule has 3 fully saturated rings. The van der Waals surface area contributed by atoms with E-state index in [1.54, 1.807) is 12.4 Å².